The molecule has 0 atom stereocenters. The van der Waals surface area contributed by atoms with Gasteiger partial charge in [-0.25, -0.2) is 9.59 Å². The molecule has 0 spiro atoms. The number of rotatable bonds is 12. The Morgan fingerprint density at radius 1 is 0.373 bits per heavy atom. The second-order valence-electron chi connectivity index (χ2n) is 12.2. The Balaban J connectivity index is 1.06. The fourth-order valence-corrected chi connectivity index (χ4v) is 5.86. The molecule has 0 heterocycles. The van der Waals surface area contributed by atoms with E-state index in [1.54, 1.807) is 60.7 Å². The smallest absolute Gasteiger partial charge is 0.336 e. The van der Waals surface area contributed by atoms with Crippen LogP contribution in [0.4, 0.5) is 11.4 Å². The average Bonchev–Trinajstić information content (AvgIpc) is 3.14. The van der Waals surface area contributed by atoms with Gasteiger partial charge >= 0.3 is 11.9 Å². The van der Waals surface area contributed by atoms with Gasteiger partial charge in [-0.2, -0.15) is 0 Å². The van der Waals surface area contributed by atoms with Crippen molar-refractivity contribution < 1.29 is 29.4 Å². The molecule has 6 aromatic rings. The second kappa shape index (κ2) is 15.6. The van der Waals surface area contributed by atoms with E-state index in [1.807, 2.05) is 84.9 Å². The summed E-state index contributed by atoms with van der Waals surface area (Å²) in [4.78, 5) is 50.2. The molecule has 0 bridgehead atoms. The van der Waals surface area contributed by atoms with E-state index in [-0.39, 0.29) is 22.3 Å². The summed E-state index contributed by atoms with van der Waals surface area (Å²) in [6.45, 7) is 0. The SMILES string of the molecule is O=C(O)c1cc(Cc2ccccc2)ccc1C(=O)Nc1ccc(Cc2ccc(NC(=O)c3ccc(Cc4ccccc4)cc3C(=O)O)cc2)cc1. The number of aromatic carboxylic acids is 2. The van der Waals surface area contributed by atoms with E-state index >= 15 is 0 Å². The minimum atomic E-state index is -1.17. The Bertz CT molecular complexity index is 2040. The Morgan fingerprint density at radius 2 is 0.686 bits per heavy atom. The van der Waals surface area contributed by atoms with E-state index in [4.69, 9.17) is 0 Å². The summed E-state index contributed by atoms with van der Waals surface area (Å²) in [5, 5.41) is 25.2. The van der Waals surface area contributed by atoms with Crippen molar-refractivity contribution in [2.45, 2.75) is 19.3 Å². The summed E-state index contributed by atoms with van der Waals surface area (Å²) >= 11 is 0. The number of hydrogen-bond donors (Lipinski definition) is 4. The molecule has 0 unspecified atom stereocenters. The van der Waals surface area contributed by atoms with Crippen LogP contribution < -0.4 is 10.6 Å². The Morgan fingerprint density at radius 3 is 1.04 bits per heavy atom. The molecule has 8 heteroatoms. The molecule has 0 saturated carbocycles. The van der Waals surface area contributed by atoms with Crippen molar-refractivity contribution in [3.8, 4) is 0 Å². The minimum Gasteiger partial charge on any atom is -0.478 e. The van der Waals surface area contributed by atoms with Gasteiger partial charge in [-0.1, -0.05) is 97.1 Å². The topological polar surface area (TPSA) is 133 Å². The lowest BCUT2D eigenvalue weighted by Crippen LogP contribution is -2.17. The number of amides is 2. The first-order valence-electron chi connectivity index (χ1n) is 16.3. The predicted octanol–water partition coefficient (Wildman–Crippen LogP) is 8.36. The molecule has 252 valence electrons. The van der Waals surface area contributed by atoms with E-state index in [1.165, 1.54) is 0 Å². The molecular formula is C43H34N2O6. The highest BCUT2D eigenvalue weighted by molar-refractivity contribution is 6.11. The molecule has 0 aromatic heterocycles. The Labute approximate surface area is 295 Å². The van der Waals surface area contributed by atoms with E-state index in [0.29, 0.717) is 30.6 Å². The molecule has 0 radical (unpaired) electrons. The molecular weight excluding hydrogens is 640 g/mol. The molecule has 0 aliphatic carbocycles. The molecule has 0 aliphatic heterocycles. The summed E-state index contributed by atoms with van der Waals surface area (Å²) in [6.07, 6.45) is 1.69. The fraction of sp³-hybridized carbons (Fsp3) is 0.0698. The lowest BCUT2D eigenvalue weighted by molar-refractivity contribution is 0.0683. The van der Waals surface area contributed by atoms with E-state index in [9.17, 15) is 29.4 Å². The van der Waals surface area contributed by atoms with Crippen LogP contribution in [0.15, 0.2) is 146 Å². The number of carboxylic acids is 2. The first-order chi connectivity index (χ1) is 24.7. The van der Waals surface area contributed by atoms with Gasteiger partial charge in [0.15, 0.2) is 0 Å². The summed E-state index contributed by atoms with van der Waals surface area (Å²) in [7, 11) is 0. The van der Waals surface area contributed by atoms with Gasteiger partial charge in [0.05, 0.1) is 22.3 Å². The zero-order valence-corrected chi connectivity index (χ0v) is 27.5. The van der Waals surface area contributed by atoms with E-state index < -0.39 is 23.8 Å². The zero-order chi connectivity index (χ0) is 35.7. The third-order valence-electron chi connectivity index (χ3n) is 8.45. The summed E-state index contributed by atoms with van der Waals surface area (Å²) in [5.74, 6) is -3.37. The standard InChI is InChI=1S/C43H34N2O6/c46-40(36-21-15-32(26-38(36)42(48)49)24-28-7-3-1-4-8-28)44-34-17-11-30(12-18-34)23-31-13-19-35(20-14-31)45-41(47)37-22-16-33(27-39(37)43(50)51)25-29-9-5-2-6-10-29/h1-22,26-27H,23-25H2,(H,44,46)(H,45,47)(H,48,49)(H,50,51). The van der Waals surface area contributed by atoms with Crippen LogP contribution in [0.25, 0.3) is 0 Å². The number of carbonyl (C=O) groups is 4. The van der Waals surface area contributed by atoms with Crippen LogP contribution in [0.3, 0.4) is 0 Å². The quantitative estimate of drug-likeness (QED) is 0.103. The van der Waals surface area contributed by atoms with Gasteiger partial charge in [-0.15, -0.1) is 0 Å². The maximum atomic E-state index is 13.1. The van der Waals surface area contributed by atoms with Crippen LogP contribution in [-0.4, -0.2) is 34.0 Å². The molecule has 6 aromatic carbocycles. The van der Waals surface area contributed by atoms with Gasteiger partial charge in [0.1, 0.15) is 0 Å². The van der Waals surface area contributed by atoms with Crippen molar-refractivity contribution >= 4 is 35.1 Å². The predicted molar refractivity (Wildman–Crippen MR) is 197 cm³/mol. The van der Waals surface area contributed by atoms with Crippen LogP contribution in [0, 0.1) is 0 Å². The number of nitrogens with one attached hydrogen (secondary N) is 2. The summed E-state index contributed by atoms with van der Waals surface area (Å²) < 4.78 is 0. The van der Waals surface area contributed by atoms with Crippen molar-refractivity contribution in [1.29, 1.82) is 0 Å². The highest BCUT2D eigenvalue weighted by Crippen LogP contribution is 2.22. The van der Waals surface area contributed by atoms with Gasteiger partial charge in [-0.05, 0) is 101 Å². The molecule has 2 amide bonds. The van der Waals surface area contributed by atoms with Crippen molar-refractivity contribution in [3.63, 3.8) is 0 Å². The van der Waals surface area contributed by atoms with Crippen molar-refractivity contribution in [1.82, 2.24) is 0 Å². The third kappa shape index (κ3) is 8.82. The van der Waals surface area contributed by atoms with E-state index in [2.05, 4.69) is 10.6 Å². The normalized spacial score (nSPS) is 10.7. The Kier molecular flexibility index (Phi) is 10.4. The number of anilines is 2. The van der Waals surface area contributed by atoms with Gasteiger partial charge in [0.25, 0.3) is 11.8 Å². The fourth-order valence-electron chi connectivity index (χ4n) is 5.86. The van der Waals surface area contributed by atoms with Gasteiger partial charge in [0, 0.05) is 11.4 Å². The lowest BCUT2D eigenvalue weighted by atomic mass is 9.98. The largest absolute Gasteiger partial charge is 0.478 e. The first-order valence-corrected chi connectivity index (χ1v) is 16.3. The summed E-state index contributed by atoms with van der Waals surface area (Å²) in [6, 6.07) is 43.7. The molecule has 8 nitrogen and oxygen atoms in total. The Hall–Kier alpha value is -6.80. The second-order valence-corrected chi connectivity index (χ2v) is 12.2. The molecule has 0 fully saturated rings. The molecule has 6 rings (SSSR count). The number of benzene rings is 6. The average molecular weight is 675 g/mol. The highest BCUT2D eigenvalue weighted by atomic mass is 16.4. The maximum absolute atomic E-state index is 13.1. The van der Waals surface area contributed by atoms with Crippen molar-refractivity contribution in [2.75, 3.05) is 10.6 Å². The molecule has 0 saturated heterocycles. The monoisotopic (exact) mass is 674 g/mol. The molecule has 51 heavy (non-hydrogen) atoms. The van der Waals surface area contributed by atoms with Crippen LogP contribution >= 0.6 is 0 Å². The van der Waals surface area contributed by atoms with Crippen LogP contribution in [0.1, 0.15) is 74.8 Å². The van der Waals surface area contributed by atoms with Crippen LogP contribution in [0.5, 0.6) is 0 Å². The minimum absolute atomic E-state index is 0.0590. The van der Waals surface area contributed by atoms with Gasteiger partial charge in [0.2, 0.25) is 0 Å². The van der Waals surface area contributed by atoms with Gasteiger partial charge < -0.3 is 20.8 Å². The van der Waals surface area contributed by atoms with Crippen molar-refractivity contribution in [2.24, 2.45) is 0 Å². The molecule has 4 N–H and O–H groups in total. The molecule has 0 aliphatic rings. The van der Waals surface area contributed by atoms with Crippen molar-refractivity contribution in [3.05, 3.63) is 201 Å². The number of hydrogen-bond acceptors (Lipinski definition) is 4. The number of carbonyl (C=O) groups excluding carboxylic acids is 2. The van der Waals surface area contributed by atoms with Crippen LogP contribution in [0.2, 0.25) is 0 Å². The van der Waals surface area contributed by atoms with Crippen LogP contribution in [-0.2, 0) is 19.3 Å². The maximum Gasteiger partial charge on any atom is 0.336 e. The zero-order valence-electron chi connectivity index (χ0n) is 27.5. The highest BCUT2D eigenvalue weighted by Gasteiger charge is 2.19. The number of carboxylic acid groups (broad SMARTS) is 2. The lowest BCUT2D eigenvalue weighted by Gasteiger charge is -2.11. The third-order valence-corrected chi connectivity index (χ3v) is 8.45. The summed E-state index contributed by atoms with van der Waals surface area (Å²) in [5.41, 5.74) is 6.73. The van der Waals surface area contributed by atoms with Gasteiger partial charge in [-0.3, -0.25) is 9.59 Å². The first kappa shape index (κ1) is 34.1. The van der Waals surface area contributed by atoms with E-state index in [0.717, 1.165) is 33.4 Å².